The molecule has 0 bridgehead atoms. The Kier molecular flexibility index (Phi) is 7.45. The SMILES string of the molecule is [C-]#[N+]c1cc(C#N)cc(N2c3cc4ccccc4cc3B3c4cc5ccccc5cc4N(c4cc(C#N)cc(C#N)c4)c4cc(-c5ccc6c(c5)oc5ccccc56)cc2c43)c1. The van der Waals surface area contributed by atoms with Crippen molar-refractivity contribution in [1.82, 2.24) is 0 Å². The fraction of sp³-hybridized carbons (Fsp3) is 0. The second-order valence-corrected chi connectivity index (χ2v) is 15.8. The van der Waals surface area contributed by atoms with E-state index >= 15 is 0 Å². The van der Waals surface area contributed by atoms with E-state index in [0.717, 1.165) is 93.7 Å². The van der Waals surface area contributed by atoms with Gasteiger partial charge in [0.25, 0.3) is 6.71 Å². The fourth-order valence-electron chi connectivity index (χ4n) is 9.72. The van der Waals surface area contributed by atoms with Crippen molar-refractivity contribution < 1.29 is 4.42 Å². The number of hydrogen-bond acceptors (Lipinski definition) is 6. The summed E-state index contributed by atoms with van der Waals surface area (Å²) in [4.78, 5) is 8.21. The van der Waals surface area contributed by atoms with Gasteiger partial charge in [-0.1, -0.05) is 84.9 Å². The van der Waals surface area contributed by atoms with Gasteiger partial charge in [-0.3, -0.25) is 0 Å². The molecule has 8 heteroatoms. The Bertz CT molecular complexity index is 3550. The molecule has 2 aliphatic heterocycles. The maximum Gasteiger partial charge on any atom is 0.252 e. The number of nitrogens with zero attached hydrogens (tertiary/aromatic N) is 6. The summed E-state index contributed by atoms with van der Waals surface area (Å²) in [5.41, 5.74) is 13.0. The highest BCUT2D eigenvalue weighted by atomic mass is 16.3. The van der Waals surface area contributed by atoms with Crippen LogP contribution in [0, 0.1) is 40.6 Å². The fourth-order valence-corrected chi connectivity index (χ4v) is 9.72. The molecule has 282 valence electrons. The third-order valence-electron chi connectivity index (χ3n) is 12.4. The molecule has 62 heavy (non-hydrogen) atoms. The van der Waals surface area contributed by atoms with Gasteiger partial charge in [-0.05, 0) is 128 Å². The van der Waals surface area contributed by atoms with Crippen LogP contribution in [0.15, 0.2) is 168 Å². The van der Waals surface area contributed by atoms with Crippen LogP contribution in [-0.4, -0.2) is 6.71 Å². The minimum atomic E-state index is -0.257. The van der Waals surface area contributed by atoms with Gasteiger partial charge in [-0.15, -0.1) is 0 Å². The number of nitriles is 3. The molecule has 1 aromatic heterocycles. The molecule has 3 heterocycles. The van der Waals surface area contributed by atoms with E-state index in [1.807, 2.05) is 54.6 Å². The van der Waals surface area contributed by atoms with Crippen LogP contribution < -0.4 is 26.2 Å². The zero-order valence-electron chi connectivity index (χ0n) is 32.8. The summed E-state index contributed by atoms with van der Waals surface area (Å²) in [6.45, 7) is 7.80. The monoisotopic (exact) mass is 786 g/mol. The van der Waals surface area contributed by atoms with Gasteiger partial charge in [0, 0.05) is 50.5 Å². The third kappa shape index (κ3) is 5.15. The number of anilines is 6. The minimum Gasteiger partial charge on any atom is -0.456 e. The van der Waals surface area contributed by atoms with Gasteiger partial charge >= 0.3 is 0 Å². The van der Waals surface area contributed by atoms with Crippen LogP contribution in [-0.2, 0) is 0 Å². The summed E-state index contributed by atoms with van der Waals surface area (Å²) >= 11 is 0. The summed E-state index contributed by atoms with van der Waals surface area (Å²) in [6, 6.07) is 62.0. The highest BCUT2D eigenvalue weighted by Crippen LogP contribution is 2.48. The molecular formula is C54H27BN6O. The van der Waals surface area contributed by atoms with E-state index in [1.165, 1.54) is 0 Å². The van der Waals surface area contributed by atoms with Crippen molar-refractivity contribution in [3.8, 4) is 29.3 Å². The van der Waals surface area contributed by atoms with Crippen LogP contribution in [0.4, 0.5) is 39.8 Å². The largest absolute Gasteiger partial charge is 0.456 e. The van der Waals surface area contributed by atoms with Crippen LogP contribution in [0.25, 0.3) is 59.5 Å². The van der Waals surface area contributed by atoms with Crippen LogP contribution >= 0.6 is 0 Å². The van der Waals surface area contributed by atoms with Gasteiger partial charge in [-0.25, -0.2) is 4.85 Å². The molecule has 0 fully saturated rings. The lowest BCUT2D eigenvalue weighted by Gasteiger charge is -2.45. The number of rotatable bonds is 3. The molecule has 0 amide bonds. The quantitative estimate of drug-likeness (QED) is 0.131. The molecule has 0 spiro atoms. The van der Waals surface area contributed by atoms with Crippen molar-refractivity contribution in [3.05, 3.63) is 192 Å². The maximum atomic E-state index is 10.3. The van der Waals surface area contributed by atoms with E-state index in [9.17, 15) is 15.8 Å². The van der Waals surface area contributed by atoms with Crippen molar-refractivity contribution >= 4 is 106 Å². The van der Waals surface area contributed by atoms with E-state index in [-0.39, 0.29) is 6.71 Å². The lowest BCUT2D eigenvalue weighted by atomic mass is 9.33. The van der Waals surface area contributed by atoms with E-state index in [4.69, 9.17) is 11.0 Å². The molecule has 2 aliphatic rings. The van der Waals surface area contributed by atoms with E-state index in [0.29, 0.717) is 33.8 Å². The van der Waals surface area contributed by atoms with Gasteiger partial charge in [0.15, 0.2) is 5.69 Å². The van der Waals surface area contributed by atoms with Gasteiger partial charge in [0.05, 0.1) is 35.9 Å². The molecule has 10 aromatic rings. The Balaban J connectivity index is 1.25. The van der Waals surface area contributed by atoms with Crippen molar-refractivity contribution in [2.24, 2.45) is 0 Å². The molecule has 0 atom stereocenters. The molecule has 12 rings (SSSR count). The molecule has 0 saturated carbocycles. The number of furan rings is 1. The average Bonchev–Trinajstić information content (AvgIpc) is 3.70. The molecule has 0 saturated heterocycles. The Morgan fingerprint density at radius 2 is 0.984 bits per heavy atom. The van der Waals surface area contributed by atoms with Crippen LogP contribution in [0.2, 0.25) is 0 Å². The standard InChI is InChI=1S/C54H27BN6O/c1-59-41-17-34(31-58)20-43(28-41)61-49-24-38-11-5-3-9-36(38)22-47(49)55-46-21-35-8-2-4-10-37(35)23-48(46)60(42-18-32(29-56)16-33(19-42)30-57)50-25-40(26-51(61)54(50)55)39-14-15-45-44-12-6-7-13-52(44)62-53(45)27-39/h2-28H. The predicted molar refractivity (Wildman–Crippen MR) is 249 cm³/mol. The molecule has 7 nitrogen and oxygen atoms in total. The first-order valence-corrected chi connectivity index (χ1v) is 20.1. The average molecular weight is 787 g/mol. The van der Waals surface area contributed by atoms with Crippen LogP contribution in [0.3, 0.4) is 0 Å². The van der Waals surface area contributed by atoms with Crippen molar-refractivity contribution in [3.63, 3.8) is 0 Å². The van der Waals surface area contributed by atoms with Gasteiger partial charge < -0.3 is 14.2 Å². The predicted octanol–water partition coefficient (Wildman–Crippen LogP) is 11.8. The molecule has 0 radical (unpaired) electrons. The summed E-state index contributed by atoms with van der Waals surface area (Å²) in [6.07, 6.45) is 0. The second-order valence-electron chi connectivity index (χ2n) is 15.8. The second kappa shape index (κ2) is 13.2. The first kappa shape index (κ1) is 34.9. The maximum absolute atomic E-state index is 10.3. The zero-order chi connectivity index (χ0) is 41.6. The highest BCUT2D eigenvalue weighted by molar-refractivity contribution is 7.00. The van der Waals surface area contributed by atoms with Crippen LogP contribution in [0.1, 0.15) is 16.7 Å². The molecule has 0 N–H and O–H groups in total. The summed E-state index contributed by atoms with van der Waals surface area (Å²) in [5, 5.41) is 37.2. The molecule has 9 aromatic carbocycles. The lowest BCUT2D eigenvalue weighted by molar-refractivity contribution is 0.669. The minimum absolute atomic E-state index is 0.257. The van der Waals surface area contributed by atoms with Crippen molar-refractivity contribution in [1.29, 1.82) is 15.8 Å². The van der Waals surface area contributed by atoms with Gasteiger partial charge in [0.2, 0.25) is 0 Å². The number of benzene rings is 9. The first-order chi connectivity index (χ1) is 30.5. The Morgan fingerprint density at radius 1 is 0.468 bits per heavy atom. The Labute approximate surface area is 356 Å². The topological polar surface area (TPSA) is 95.4 Å². The normalized spacial score (nSPS) is 12.4. The Hall–Kier alpha value is -9.08. The van der Waals surface area contributed by atoms with E-state index in [2.05, 4.69) is 130 Å². The van der Waals surface area contributed by atoms with Crippen molar-refractivity contribution in [2.75, 3.05) is 9.80 Å². The molecular weight excluding hydrogens is 759 g/mol. The number of para-hydroxylation sites is 1. The lowest BCUT2D eigenvalue weighted by Crippen LogP contribution is -2.61. The van der Waals surface area contributed by atoms with E-state index < -0.39 is 0 Å². The summed E-state index contributed by atoms with van der Waals surface area (Å²) < 4.78 is 6.43. The van der Waals surface area contributed by atoms with Gasteiger partial charge in [-0.2, -0.15) is 15.8 Å². The smallest absolute Gasteiger partial charge is 0.252 e. The first-order valence-electron chi connectivity index (χ1n) is 20.1. The molecule has 0 unspecified atom stereocenters. The van der Waals surface area contributed by atoms with Crippen LogP contribution in [0.5, 0.6) is 0 Å². The Morgan fingerprint density at radius 3 is 1.56 bits per heavy atom. The zero-order valence-corrected chi connectivity index (χ0v) is 32.8. The number of hydrogen-bond donors (Lipinski definition) is 0. The highest BCUT2D eigenvalue weighted by Gasteiger charge is 2.44. The van der Waals surface area contributed by atoms with E-state index in [1.54, 1.807) is 12.1 Å². The number of fused-ring (bicyclic) bond motifs is 9. The van der Waals surface area contributed by atoms with Gasteiger partial charge in [0.1, 0.15) is 11.2 Å². The summed E-state index contributed by atoms with van der Waals surface area (Å²) in [7, 11) is 0. The third-order valence-corrected chi connectivity index (χ3v) is 12.4. The van der Waals surface area contributed by atoms with Crippen molar-refractivity contribution in [2.45, 2.75) is 0 Å². The summed E-state index contributed by atoms with van der Waals surface area (Å²) in [5.74, 6) is 0. The molecule has 0 aliphatic carbocycles.